The SMILES string of the molecule is CC1COCCN1c1ccc(NC(=O)[C@@H](NC(=O)c2ccnn2C)C(C2CCC2)C2(C)CC2)cn1. The van der Waals surface area contributed by atoms with E-state index in [2.05, 4.69) is 39.5 Å². The first-order chi connectivity index (χ1) is 16.9. The van der Waals surface area contributed by atoms with Crippen LogP contribution in [0, 0.1) is 17.3 Å². The zero-order valence-electron chi connectivity index (χ0n) is 20.9. The Labute approximate surface area is 206 Å². The normalized spacial score (nSPS) is 23.2. The summed E-state index contributed by atoms with van der Waals surface area (Å²) in [5.74, 6) is 0.981. The van der Waals surface area contributed by atoms with Crippen molar-refractivity contribution in [2.75, 3.05) is 30.0 Å². The molecule has 5 rings (SSSR count). The fourth-order valence-electron chi connectivity index (χ4n) is 5.62. The predicted molar refractivity (Wildman–Crippen MR) is 133 cm³/mol. The van der Waals surface area contributed by atoms with E-state index in [4.69, 9.17) is 4.74 Å². The number of pyridine rings is 1. The number of morpholine rings is 1. The predicted octanol–water partition coefficient (Wildman–Crippen LogP) is 2.99. The number of nitrogens with zero attached hydrogens (tertiary/aromatic N) is 4. The van der Waals surface area contributed by atoms with E-state index in [9.17, 15) is 9.59 Å². The minimum Gasteiger partial charge on any atom is -0.377 e. The van der Waals surface area contributed by atoms with Gasteiger partial charge in [-0.15, -0.1) is 0 Å². The average Bonchev–Trinajstić information content (AvgIpc) is 3.41. The van der Waals surface area contributed by atoms with Gasteiger partial charge in [0.2, 0.25) is 5.91 Å². The molecule has 2 unspecified atom stereocenters. The van der Waals surface area contributed by atoms with E-state index in [-0.39, 0.29) is 29.2 Å². The van der Waals surface area contributed by atoms with Crippen molar-refractivity contribution in [3.63, 3.8) is 0 Å². The van der Waals surface area contributed by atoms with Crippen LogP contribution in [-0.4, -0.2) is 58.4 Å². The monoisotopic (exact) mass is 480 g/mol. The van der Waals surface area contributed by atoms with Crippen molar-refractivity contribution in [3.8, 4) is 0 Å². The number of rotatable bonds is 8. The van der Waals surface area contributed by atoms with Gasteiger partial charge in [0.15, 0.2) is 0 Å². The molecule has 2 aliphatic carbocycles. The van der Waals surface area contributed by atoms with E-state index in [0.717, 1.165) is 38.0 Å². The summed E-state index contributed by atoms with van der Waals surface area (Å²) in [6.45, 7) is 6.53. The standard InChI is InChI=1S/C26H36N6O3/c1-17-16-35-14-13-32(17)21-8-7-19(15-27-21)29-25(34)23(30-24(33)20-9-12-28-31(20)3)22(18-5-4-6-18)26(2)10-11-26/h7-9,12,15,17-18,22-23H,4-6,10-11,13-14,16H2,1-3H3,(H,29,34)(H,30,33)/t17?,22?,23-/m0/s1. The van der Waals surface area contributed by atoms with Crippen LogP contribution in [0.2, 0.25) is 0 Å². The second-order valence-electron chi connectivity index (χ2n) is 10.7. The van der Waals surface area contributed by atoms with Gasteiger partial charge in [-0.05, 0) is 55.2 Å². The van der Waals surface area contributed by atoms with Crippen LogP contribution >= 0.6 is 0 Å². The maximum Gasteiger partial charge on any atom is 0.270 e. The first-order valence-electron chi connectivity index (χ1n) is 12.8. The zero-order valence-corrected chi connectivity index (χ0v) is 20.9. The Morgan fingerprint density at radius 3 is 2.60 bits per heavy atom. The number of hydrogen-bond acceptors (Lipinski definition) is 6. The van der Waals surface area contributed by atoms with E-state index in [1.165, 1.54) is 11.1 Å². The maximum absolute atomic E-state index is 13.7. The lowest BCUT2D eigenvalue weighted by Gasteiger charge is -2.42. The summed E-state index contributed by atoms with van der Waals surface area (Å²) < 4.78 is 7.06. The number of carbonyl (C=O) groups is 2. The molecule has 3 heterocycles. The van der Waals surface area contributed by atoms with E-state index in [1.807, 2.05) is 12.1 Å². The van der Waals surface area contributed by atoms with Crippen LogP contribution in [0.4, 0.5) is 11.5 Å². The highest BCUT2D eigenvalue weighted by molar-refractivity contribution is 6.00. The Morgan fingerprint density at radius 2 is 2.03 bits per heavy atom. The zero-order chi connectivity index (χ0) is 24.6. The smallest absolute Gasteiger partial charge is 0.270 e. The number of amides is 2. The molecule has 2 aromatic rings. The van der Waals surface area contributed by atoms with E-state index >= 15 is 0 Å². The van der Waals surface area contributed by atoms with Crippen molar-refractivity contribution < 1.29 is 14.3 Å². The summed E-state index contributed by atoms with van der Waals surface area (Å²) in [5, 5.41) is 10.3. The Hall–Kier alpha value is -2.94. The maximum atomic E-state index is 13.7. The van der Waals surface area contributed by atoms with Gasteiger partial charge in [-0.2, -0.15) is 5.10 Å². The van der Waals surface area contributed by atoms with Crippen LogP contribution < -0.4 is 15.5 Å². The molecule has 0 spiro atoms. The van der Waals surface area contributed by atoms with Crippen molar-refractivity contribution in [1.29, 1.82) is 0 Å². The second-order valence-corrected chi connectivity index (χ2v) is 10.7. The fourth-order valence-corrected chi connectivity index (χ4v) is 5.62. The molecule has 2 aromatic heterocycles. The third-order valence-corrected chi connectivity index (χ3v) is 8.16. The van der Waals surface area contributed by atoms with Gasteiger partial charge in [0.05, 0.1) is 31.1 Å². The lowest BCUT2D eigenvalue weighted by Crippen LogP contribution is -2.54. The molecular weight excluding hydrogens is 444 g/mol. The second kappa shape index (κ2) is 9.60. The van der Waals surface area contributed by atoms with Crippen molar-refractivity contribution in [2.45, 2.75) is 58.0 Å². The summed E-state index contributed by atoms with van der Waals surface area (Å²) >= 11 is 0. The quantitative estimate of drug-likeness (QED) is 0.602. The molecule has 0 bridgehead atoms. The van der Waals surface area contributed by atoms with Gasteiger partial charge >= 0.3 is 0 Å². The first kappa shape index (κ1) is 23.8. The third-order valence-electron chi connectivity index (χ3n) is 8.16. The summed E-state index contributed by atoms with van der Waals surface area (Å²) in [6, 6.07) is 5.14. The van der Waals surface area contributed by atoms with Crippen molar-refractivity contribution in [1.82, 2.24) is 20.1 Å². The molecule has 2 saturated carbocycles. The van der Waals surface area contributed by atoms with Crippen LogP contribution in [0.3, 0.4) is 0 Å². The van der Waals surface area contributed by atoms with Crippen molar-refractivity contribution in [3.05, 3.63) is 36.3 Å². The lowest BCUT2D eigenvalue weighted by atomic mass is 9.66. The molecule has 1 saturated heterocycles. The topological polar surface area (TPSA) is 101 Å². The molecule has 9 heteroatoms. The molecule has 0 aromatic carbocycles. The summed E-state index contributed by atoms with van der Waals surface area (Å²) in [7, 11) is 1.73. The molecule has 9 nitrogen and oxygen atoms in total. The number of hydrogen-bond donors (Lipinski definition) is 2. The van der Waals surface area contributed by atoms with Gasteiger partial charge in [0.1, 0.15) is 17.6 Å². The Balaban J connectivity index is 1.35. The Kier molecular flexibility index (Phi) is 6.53. The molecule has 1 aliphatic heterocycles. The molecule has 3 atom stereocenters. The number of anilines is 2. The van der Waals surface area contributed by atoms with Crippen LogP contribution in [-0.2, 0) is 16.6 Å². The van der Waals surface area contributed by atoms with Gasteiger partial charge in [-0.3, -0.25) is 14.3 Å². The molecule has 0 radical (unpaired) electrons. The highest BCUT2D eigenvalue weighted by Crippen LogP contribution is 2.58. The van der Waals surface area contributed by atoms with Crippen LogP contribution in [0.15, 0.2) is 30.6 Å². The van der Waals surface area contributed by atoms with Crippen molar-refractivity contribution >= 4 is 23.3 Å². The lowest BCUT2D eigenvalue weighted by molar-refractivity contribution is -0.121. The molecule has 3 aliphatic rings. The van der Waals surface area contributed by atoms with Gasteiger partial charge in [-0.1, -0.05) is 26.2 Å². The first-order valence-corrected chi connectivity index (χ1v) is 12.8. The van der Waals surface area contributed by atoms with Crippen molar-refractivity contribution in [2.24, 2.45) is 24.3 Å². The summed E-state index contributed by atoms with van der Waals surface area (Å²) in [6.07, 6.45) is 8.89. The number of aryl methyl sites for hydroxylation is 1. The van der Waals surface area contributed by atoms with Crippen LogP contribution in [0.25, 0.3) is 0 Å². The highest BCUT2D eigenvalue weighted by atomic mass is 16.5. The molecular formula is C26H36N6O3. The minimum absolute atomic E-state index is 0.0847. The minimum atomic E-state index is -0.617. The summed E-state index contributed by atoms with van der Waals surface area (Å²) in [4.78, 5) is 33.7. The highest BCUT2D eigenvalue weighted by Gasteiger charge is 2.54. The Bertz CT molecular complexity index is 1060. The Morgan fingerprint density at radius 1 is 1.23 bits per heavy atom. The summed E-state index contributed by atoms with van der Waals surface area (Å²) in [5.41, 5.74) is 1.16. The van der Waals surface area contributed by atoms with Gasteiger partial charge in [0.25, 0.3) is 5.91 Å². The van der Waals surface area contributed by atoms with Gasteiger partial charge in [0, 0.05) is 19.8 Å². The number of carbonyl (C=O) groups excluding carboxylic acids is 2. The molecule has 35 heavy (non-hydrogen) atoms. The average molecular weight is 481 g/mol. The number of aromatic nitrogens is 3. The molecule has 188 valence electrons. The largest absolute Gasteiger partial charge is 0.377 e. The third kappa shape index (κ3) is 4.91. The number of ether oxygens (including phenoxy) is 1. The van der Waals surface area contributed by atoms with Crippen LogP contribution in [0.1, 0.15) is 56.4 Å². The van der Waals surface area contributed by atoms with E-state index in [0.29, 0.717) is 30.5 Å². The fraction of sp³-hybridized carbons (Fsp3) is 0.615. The van der Waals surface area contributed by atoms with Crippen LogP contribution in [0.5, 0.6) is 0 Å². The number of nitrogens with one attached hydrogen (secondary N) is 2. The van der Waals surface area contributed by atoms with E-state index < -0.39 is 6.04 Å². The molecule has 2 N–H and O–H groups in total. The molecule has 3 fully saturated rings. The van der Waals surface area contributed by atoms with E-state index in [1.54, 1.807) is 25.5 Å². The molecule has 2 amide bonds. The van der Waals surface area contributed by atoms with Gasteiger partial charge in [-0.25, -0.2) is 4.98 Å². The van der Waals surface area contributed by atoms with Gasteiger partial charge < -0.3 is 20.3 Å².